The minimum absolute atomic E-state index is 0.0763. The molecule has 2 aromatic carbocycles. The molecule has 0 saturated heterocycles. The molecule has 0 fully saturated rings. The zero-order valence-corrected chi connectivity index (χ0v) is 11.2. The number of hydrogen-bond donors (Lipinski definition) is 1. The normalized spacial score (nSPS) is 10.5. The van der Waals surface area contributed by atoms with Gasteiger partial charge in [0.2, 0.25) is 0 Å². The maximum Gasteiger partial charge on any atom is 0.141 e. The van der Waals surface area contributed by atoms with Crippen LogP contribution in [0, 0.1) is 12.7 Å². The van der Waals surface area contributed by atoms with Crippen LogP contribution in [-0.4, -0.2) is 5.11 Å². The van der Waals surface area contributed by atoms with E-state index >= 15 is 0 Å². The minimum atomic E-state index is -0.447. The fourth-order valence-corrected chi connectivity index (χ4v) is 1.97. The zero-order valence-electron chi connectivity index (χ0n) is 10.5. The Bertz CT molecular complexity index is 584. The number of rotatable bonds is 4. The monoisotopic (exact) mass is 280 g/mol. The van der Waals surface area contributed by atoms with E-state index in [-0.39, 0.29) is 18.2 Å². The second-order valence-corrected chi connectivity index (χ2v) is 4.71. The van der Waals surface area contributed by atoms with Crippen molar-refractivity contribution >= 4 is 11.6 Å². The highest BCUT2D eigenvalue weighted by molar-refractivity contribution is 6.30. The summed E-state index contributed by atoms with van der Waals surface area (Å²) in [6.45, 7) is 2.14. The third-order valence-electron chi connectivity index (χ3n) is 2.76. The van der Waals surface area contributed by atoms with Gasteiger partial charge in [0.15, 0.2) is 0 Å². The van der Waals surface area contributed by atoms with Crippen molar-refractivity contribution in [3.63, 3.8) is 0 Å². The maximum absolute atomic E-state index is 13.0. The van der Waals surface area contributed by atoms with Gasteiger partial charge in [-0.1, -0.05) is 35.4 Å². The molecule has 0 atom stereocenters. The molecule has 2 aromatic rings. The topological polar surface area (TPSA) is 29.5 Å². The Labute approximate surface area is 116 Å². The van der Waals surface area contributed by atoms with Crippen LogP contribution >= 0.6 is 11.6 Å². The van der Waals surface area contributed by atoms with Crippen molar-refractivity contribution in [2.45, 2.75) is 20.1 Å². The fourth-order valence-electron chi connectivity index (χ4n) is 1.76. The number of aliphatic hydroxyl groups excluding tert-OH is 1. The van der Waals surface area contributed by atoms with Crippen LogP contribution in [0.15, 0.2) is 36.4 Å². The van der Waals surface area contributed by atoms with Gasteiger partial charge in [-0.3, -0.25) is 0 Å². The first-order valence-electron chi connectivity index (χ1n) is 5.87. The van der Waals surface area contributed by atoms with Crippen molar-refractivity contribution in [3.8, 4) is 5.75 Å². The van der Waals surface area contributed by atoms with Crippen LogP contribution in [0.1, 0.15) is 16.7 Å². The summed E-state index contributed by atoms with van der Waals surface area (Å²) in [5, 5.41) is 9.35. The molecule has 0 radical (unpaired) electrons. The van der Waals surface area contributed by atoms with E-state index in [4.69, 9.17) is 16.3 Å². The lowest BCUT2D eigenvalue weighted by molar-refractivity contribution is 0.259. The van der Waals surface area contributed by atoms with E-state index in [0.29, 0.717) is 5.75 Å². The van der Waals surface area contributed by atoms with Crippen LogP contribution in [0.3, 0.4) is 0 Å². The molecule has 0 aromatic heterocycles. The SMILES string of the molecule is Cc1ccc(OCc2ccc(F)c(Cl)c2)c(CO)c1. The average molecular weight is 281 g/mol. The van der Waals surface area contributed by atoms with E-state index in [0.717, 1.165) is 16.7 Å². The minimum Gasteiger partial charge on any atom is -0.489 e. The van der Waals surface area contributed by atoms with E-state index < -0.39 is 5.82 Å². The summed E-state index contributed by atoms with van der Waals surface area (Å²) in [6.07, 6.45) is 0. The van der Waals surface area contributed by atoms with E-state index in [9.17, 15) is 9.50 Å². The molecule has 0 heterocycles. The fraction of sp³-hybridized carbons (Fsp3) is 0.200. The van der Waals surface area contributed by atoms with Crippen LogP contribution in [0.2, 0.25) is 5.02 Å². The molecule has 0 unspecified atom stereocenters. The molecule has 0 aliphatic rings. The highest BCUT2D eigenvalue weighted by Crippen LogP contribution is 2.22. The second kappa shape index (κ2) is 6.04. The Kier molecular flexibility index (Phi) is 4.40. The third-order valence-corrected chi connectivity index (χ3v) is 3.05. The van der Waals surface area contributed by atoms with Crippen LogP contribution in [0.4, 0.5) is 4.39 Å². The van der Waals surface area contributed by atoms with Gasteiger partial charge in [0.1, 0.15) is 18.2 Å². The first-order chi connectivity index (χ1) is 9.10. The van der Waals surface area contributed by atoms with Crippen molar-refractivity contribution in [2.24, 2.45) is 0 Å². The van der Waals surface area contributed by atoms with Gasteiger partial charge >= 0.3 is 0 Å². The van der Waals surface area contributed by atoms with Crippen molar-refractivity contribution in [3.05, 3.63) is 63.9 Å². The van der Waals surface area contributed by atoms with Gasteiger partial charge in [-0.05, 0) is 30.7 Å². The van der Waals surface area contributed by atoms with Gasteiger partial charge in [0.25, 0.3) is 0 Å². The highest BCUT2D eigenvalue weighted by atomic mass is 35.5. The number of ether oxygens (including phenoxy) is 1. The molecule has 0 amide bonds. The van der Waals surface area contributed by atoms with Crippen molar-refractivity contribution in [1.82, 2.24) is 0 Å². The molecule has 0 bridgehead atoms. The molecule has 0 spiro atoms. The summed E-state index contributed by atoms with van der Waals surface area (Å²) in [7, 11) is 0. The maximum atomic E-state index is 13.0. The average Bonchev–Trinajstić information content (AvgIpc) is 2.41. The third kappa shape index (κ3) is 3.46. The number of hydrogen-bond acceptors (Lipinski definition) is 2. The molecule has 0 aliphatic heterocycles. The Balaban J connectivity index is 2.12. The summed E-state index contributed by atoms with van der Waals surface area (Å²) in [5.74, 6) is 0.172. The standard InChI is InChI=1S/C15H14ClFO2/c1-10-2-5-15(12(6-10)8-18)19-9-11-3-4-14(17)13(16)7-11/h2-7,18H,8-9H2,1H3. The van der Waals surface area contributed by atoms with Crippen LogP contribution in [0.5, 0.6) is 5.75 Å². The highest BCUT2D eigenvalue weighted by Gasteiger charge is 2.05. The summed E-state index contributed by atoms with van der Waals surface area (Å²) in [4.78, 5) is 0. The van der Waals surface area contributed by atoms with Crippen LogP contribution < -0.4 is 4.74 Å². The molecular formula is C15H14ClFO2. The molecule has 0 aliphatic carbocycles. The Morgan fingerprint density at radius 2 is 2.00 bits per heavy atom. The molecule has 19 heavy (non-hydrogen) atoms. The van der Waals surface area contributed by atoms with Gasteiger partial charge < -0.3 is 9.84 Å². The molecule has 1 N–H and O–H groups in total. The van der Waals surface area contributed by atoms with Crippen molar-refractivity contribution in [2.75, 3.05) is 0 Å². The van der Waals surface area contributed by atoms with E-state index in [1.165, 1.54) is 12.1 Å². The summed E-state index contributed by atoms with van der Waals surface area (Å²) in [5.41, 5.74) is 2.56. The number of aliphatic hydroxyl groups is 1. The Morgan fingerprint density at radius 3 is 2.68 bits per heavy atom. The zero-order chi connectivity index (χ0) is 13.8. The van der Waals surface area contributed by atoms with E-state index in [1.54, 1.807) is 6.07 Å². The van der Waals surface area contributed by atoms with Crippen LogP contribution in [0.25, 0.3) is 0 Å². The van der Waals surface area contributed by atoms with Crippen LogP contribution in [-0.2, 0) is 13.2 Å². The van der Waals surface area contributed by atoms with Gasteiger partial charge in [0.05, 0.1) is 11.6 Å². The summed E-state index contributed by atoms with van der Waals surface area (Å²) >= 11 is 5.70. The lowest BCUT2D eigenvalue weighted by atomic mass is 10.1. The molecule has 2 nitrogen and oxygen atoms in total. The smallest absolute Gasteiger partial charge is 0.141 e. The van der Waals surface area contributed by atoms with Gasteiger partial charge in [-0.15, -0.1) is 0 Å². The van der Waals surface area contributed by atoms with Gasteiger partial charge in [0, 0.05) is 5.56 Å². The molecule has 0 saturated carbocycles. The summed E-state index contributed by atoms with van der Waals surface area (Å²) in [6, 6.07) is 10.0. The molecule has 4 heteroatoms. The van der Waals surface area contributed by atoms with Gasteiger partial charge in [-0.25, -0.2) is 4.39 Å². The Hall–Kier alpha value is -1.58. The van der Waals surface area contributed by atoms with Crippen molar-refractivity contribution < 1.29 is 14.2 Å². The van der Waals surface area contributed by atoms with E-state index in [2.05, 4.69) is 0 Å². The lowest BCUT2D eigenvalue weighted by Gasteiger charge is -2.11. The molecular weight excluding hydrogens is 267 g/mol. The first kappa shape index (κ1) is 13.8. The van der Waals surface area contributed by atoms with E-state index in [1.807, 2.05) is 25.1 Å². The number of aryl methyl sites for hydroxylation is 1. The quantitative estimate of drug-likeness (QED) is 0.921. The number of benzene rings is 2. The lowest BCUT2D eigenvalue weighted by Crippen LogP contribution is -1.99. The second-order valence-electron chi connectivity index (χ2n) is 4.31. The molecule has 2 rings (SSSR count). The predicted octanol–water partition coefficient (Wildman–Crippen LogP) is 3.86. The van der Waals surface area contributed by atoms with Crippen molar-refractivity contribution in [1.29, 1.82) is 0 Å². The number of halogens is 2. The largest absolute Gasteiger partial charge is 0.489 e. The Morgan fingerprint density at radius 1 is 1.21 bits per heavy atom. The predicted molar refractivity (Wildman–Crippen MR) is 72.8 cm³/mol. The van der Waals surface area contributed by atoms with Gasteiger partial charge in [-0.2, -0.15) is 0 Å². The first-order valence-corrected chi connectivity index (χ1v) is 6.25. The summed E-state index contributed by atoms with van der Waals surface area (Å²) < 4.78 is 18.6. The molecule has 100 valence electrons.